The lowest BCUT2D eigenvalue weighted by Gasteiger charge is -2.24. The molecule has 0 saturated heterocycles. The summed E-state index contributed by atoms with van der Waals surface area (Å²) in [6, 6.07) is 9.24. The molecule has 5 nitrogen and oxygen atoms in total. The van der Waals surface area contributed by atoms with Gasteiger partial charge in [-0.05, 0) is 31.2 Å². The summed E-state index contributed by atoms with van der Waals surface area (Å²) in [6.45, 7) is 1.83. The molecule has 0 amide bonds. The van der Waals surface area contributed by atoms with Crippen LogP contribution in [0.2, 0.25) is 0 Å². The zero-order valence-corrected chi connectivity index (χ0v) is 10.7. The first-order valence-electron chi connectivity index (χ1n) is 6.15. The molecule has 1 atom stereocenters. The molecule has 1 heterocycles. The van der Waals surface area contributed by atoms with E-state index >= 15 is 0 Å². The van der Waals surface area contributed by atoms with Gasteiger partial charge in [-0.2, -0.15) is 0 Å². The van der Waals surface area contributed by atoms with Crippen molar-refractivity contribution in [1.82, 2.24) is 0 Å². The second-order valence-corrected chi connectivity index (χ2v) is 4.62. The van der Waals surface area contributed by atoms with E-state index < -0.39 is 0 Å². The fraction of sp³-hybridized carbons (Fsp3) is 0.133. The average Bonchev–Trinajstić information content (AvgIpc) is 2.39. The van der Waals surface area contributed by atoms with Gasteiger partial charge in [0, 0.05) is 17.7 Å². The number of phenols is 3. The van der Waals surface area contributed by atoms with E-state index in [-0.39, 0.29) is 23.4 Å². The Morgan fingerprint density at radius 3 is 2.40 bits per heavy atom. The number of fused-ring (bicyclic) bond motifs is 1. The molecule has 0 radical (unpaired) electrons. The molecule has 102 valence electrons. The lowest BCUT2D eigenvalue weighted by molar-refractivity contribution is 0.280. The second kappa shape index (κ2) is 4.45. The fourth-order valence-corrected chi connectivity index (χ4v) is 2.17. The van der Waals surface area contributed by atoms with Crippen LogP contribution in [0.15, 0.2) is 41.4 Å². The summed E-state index contributed by atoms with van der Waals surface area (Å²) in [5, 5.41) is 28.6. The normalized spacial score (nSPS) is 17.1. The molecule has 0 unspecified atom stereocenters. The Balaban J connectivity index is 2.12. The number of nitrogens with zero attached hydrogens (tertiary/aromatic N) is 1. The first-order valence-corrected chi connectivity index (χ1v) is 6.15. The van der Waals surface area contributed by atoms with Gasteiger partial charge >= 0.3 is 0 Å². The van der Waals surface area contributed by atoms with E-state index in [1.165, 1.54) is 12.1 Å². The van der Waals surface area contributed by atoms with Crippen molar-refractivity contribution < 1.29 is 20.1 Å². The summed E-state index contributed by atoms with van der Waals surface area (Å²) in [5.74, 6) is 0.310. The highest BCUT2D eigenvalue weighted by atomic mass is 16.5. The van der Waals surface area contributed by atoms with E-state index in [1.807, 2.05) is 6.92 Å². The molecule has 0 spiro atoms. The van der Waals surface area contributed by atoms with Crippen LogP contribution in [0, 0.1) is 0 Å². The SMILES string of the molecule is C[C@@H]1Oc2cc(O)cc(O)c2N=C1c1ccc(O)cc1. The van der Waals surface area contributed by atoms with Crippen molar-refractivity contribution in [2.45, 2.75) is 13.0 Å². The highest BCUT2D eigenvalue weighted by Crippen LogP contribution is 2.43. The molecule has 2 aromatic carbocycles. The first-order chi connectivity index (χ1) is 9.54. The maximum absolute atomic E-state index is 9.85. The van der Waals surface area contributed by atoms with Crippen molar-refractivity contribution in [1.29, 1.82) is 0 Å². The molecule has 3 N–H and O–H groups in total. The zero-order chi connectivity index (χ0) is 14.3. The topological polar surface area (TPSA) is 82.3 Å². The van der Waals surface area contributed by atoms with Crippen LogP contribution >= 0.6 is 0 Å². The summed E-state index contributed by atoms with van der Waals surface area (Å²) in [7, 11) is 0. The number of aliphatic imine (C=N–C) groups is 1. The Morgan fingerprint density at radius 1 is 1.00 bits per heavy atom. The van der Waals surface area contributed by atoms with Gasteiger partial charge in [0.1, 0.15) is 29.0 Å². The largest absolute Gasteiger partial charge is 0.508 e. The van der Waals surface area contributed by atoms with Gasteiger partial charge in [0.25, 0.3) is 0 Å². The molecule has 0 aliphatic carbocycles. The van der Waals surface area contributed by atoms with Gasteiger partial charge in [0.05, 0.1) is 5.71 Å². The third kappa shape index (κ3) is 2.03. The van der Waals surface area contributed by atoms with Gasteiger partial charge in [-0.15, -0.1) is 0 Å². The molecule has 1 aliphatic rings. The Hall–Kier alpha value is -2.69. The minimum atomic E-state index is -0.326. The van der Waals surface area contributed by atoms with Crippen molar-refractivity contribution >= 4 is 11.4 Å². The Labute approximate surface area is 115 Å². The minimum absolute atomic E-state index is 0.0725. The number of aromatic hydroxyl groups is 3. The van der Waals surface area contributed by atoms with E-state index in [2.05, 4.69) is 4.99 Å². The fourth-order valence-electron chi connectivity index (χ4n) is 2.17. The molecule has 0 saturated carbocycles. The summed E-state index contributed by atoms with van der Waals surface area (Å²) < 4.78 is 5.68. The summed E-state index contributed by atoms with van der Waals surface area (Å²) in [5.41, 5.74) is 1.75. The van der Waals surface area contributed by atoms with Crippen molar-refractivity contribution in [2.24, 2.45) is 4.99 Å². The molecule has 2 aromatic rings. The van der Waals surface area contributed by atoms with Gasteiger partial charge in [0.15, 0.2) is 5.75 Å². The first kappa shape index (κ1) is 12.3. The van der Waals surface area contributed by atoms with Crippen LogP contribution in [0.25, 0.3) is 0 Å². The highest BCUT2D eigenvalue weighted by molar-refractivity contribution is 6.06. The molecular weight excluding hydrogens is 258 g/mol. The monoisotopic (exact) mass is 271 g/mol. The average molecular weight is 271 g/mol. The standard InChI is InChI=1S/C15H13NO4/c1-8-14(9-2-4-10(17)5-3-9)16-15-12(19)6-11(18)7-13(15)20-8/h2-8,17-19H,1H3/t8-/m0/s1. The molecule has 5 heteroatoms. The minimum Gasteiger partial charge on any atom is -0.508 e. The lowest BCUT2D eigenvalue weighted by atomic mass is 10.0. The predicted molar refractivity (Wildman–Crippen MR) is 74.2 cm³/mol. The smallest absolute Gasteiger partial charge is 0.153 e. The molecule has 0 fully saturated rings. The van der Waals surface area contributed by atoms with Crippen LogP contribution in [0.4, 0.5) is 5.69 Å². The highest BCUT2D eigenvalue weighted by Gasteiger charge is 2.24. The van der Waals surface area contributed by atoms with Crippen LogP contribution < -0.4 is 4.74 Å². The Bertz CT molecular complexity index is 692. The van der Waals surface area contributed by atoms with Gasteiger partial charge in [-0.3, -0.25) is 0 Å². The van der Waals surface area contributed by atoms with Crippen LogP contribution in [-0.2, 0) is 0 Å². The number of phenolic OH excluding ortho intramolecular Hbond substituents is 3. The third-order valence-corrected chi connectivity index (χ3v) is 3.12. The Kier molecular flexibility index (Phi) is 2.75. The van der Waals surface area contributed by atoms with E-state index in [9.17, 15) is 15.3 Å². The van der Waals surface area contributed by atoms with E-state index in [0.29, 0.717) is 17.1 Å². The molecule has 20 heavy (non-hydrogen) atoms. The third-order valence-electron chi connectivity index (χ3n) is 3.12. The van der Waals surface area contributed by atoms with Crippen molar-refractivity contribution in [3.63, 3.8) is 0 Å². The van der Waals surface area contributed by atoms with E-state index in [0.717, 1.165) is 5.56 Å². The van der Waals surface area contributed by atoms with E-state index in [1.54, 1.807) is 24.3 Å². The van der Waals surface area contributed by atoms with Crippen molar-refractivity contribution in [3.8, 4) is 23.0 Å². The van der Waals surface area contributed by atoms with Crippen LogP contribution in [0.3, 0.4) is 0 Å². The number of ether oxygens (including phenoxy) is 1. The van der Waals surface area contributed by atoms with Crippen molar-refractivity contribution in [3.05, 3.63) is 42.0 Å². The maximum atomic E-state index is 9.85. The number of hydrogen-bond donors (Lipinski definition) is 3. The molecule has 1 aliphatic heterocycles. The number of hydrogen-bond acceptors (Lipinski definition) is 5. The van der Waals surface area contributed by atoms with Gasteiger partial charge < -0.3 is 20.1 Å². The summed E-state index contributed by atoms with van der Waals surface area (Å²) in [6.07, 6.45) is -0.326. The Morgan fingerprint density at radius 2 is 1.70 bits per heavy atom. The quantitative estimate of drug-likeness (QED) is 0.744. The van der Waals surface area contributed by atoms with Crippen LogP contribution in [0.5, 0.6) is 23.0 Å². The molecule has 0 bridgehead atoms. The summed E-state index contributed by atoms with van der Waals surface area (Å²) in [4.78, 5) is 4.42. The van der Waals surface area contributed by atoms with Gasteiger partial charge in [-0.1, -0.05) is 0 Å². The van der Waals surface area contributed by atoms with E-state index in [4.69, 9.17) is 4.74 Å². The predicted octanol–water partition coefficient (Wildman–Crippen LogP) is 2.71. The second-order valence-electron chi connectivity index (χ2n) is 4.62. The van der Waals surface area contributed by atoms with Crippen molar-refractivity contribution in [2.75, 3.05) is 0 Å². The van der Waals surface area contributed by atoms with Crippen LogP contribution in [0.1, 0.15) is 12.5 Å². The van der Waals surface area contributed by atoms with Crippen LogP contribution in [-0.4, -0.2) is 27.1 Å². The zero-order valence-electron chi connectivity index (χ0n) is 10.7. The lowest BCUT2D eigenvalue weighted by Crippen LogP contribution is -2.27. The summed E-state index contributed by atoms with van der Waals surface area (Å²) >= 11 is 0. The molecule has 0 aromatic heterocycles. The molecular formula is C15H13NO4. The van der Waals surface area contributed by atoms with Gasteiger partial charge in [0.2, 0.25) is 0 Å². The number of rotatable bonds is 1. The maximum Gasteiger partial charge on any atom is 0.153 e. The number of benzene rings is 2. The molecule has 3 rings (SSSR count). The van der Waals surface area contributed by atoms with Gasteiger partial charge in [-0.25, -0.2) is 4.99 Å².